The third kappa shape index (κ3) is 6.67. The molecular formula is C14H24S2Se2Te2. The number of hydrogen-bond donors (Lipinski definition) is 0. The van der Waals surface area contributed by atoms with Crippen LogP contribution in [0, 0.1) is 0 Å². The topological polar surface area (TPSA) is 0 Å². The van der Waals surface area contributed by atoms with Crippen LogP contribution in [0.4, 0.5) is 0 Å². The first-order valence-corrected chi connectivity index (χ1v) is 17.0. The Hall–Kier alpha value is 3.32. The van der Waals surface area contributed by atoms with Crippen molar-refractivity contribution in [3.63, 3.8) is 0 Å². The van der Waals surface area contributed by atoms with Crippen molar-refractivity contribution in [2.75, 3.05) is 11.5 Å². The van der Waals surface area contributed by atoms with Crippen LogP contribution in [0.1, 0.15) is 25.7 Å². The molecule has 3 rings (SSSR count). The van der Waals surface area contributed by atoms with Crippen molar-refractivity contribution in [2.45, 2.75) is 64.4 Å². The molecule has 0 radical (unpaired) electrons. The van der Waals surface area contributed by atoms with E-state index in [0.29, 0.717) is 0 Å². The van der Waals surface area contributed by atoms with E-state index in [0.717, 1.165) is 48.3 Å². The van der Waals surface area contributed by atoms with Gasteiger partial charge in [-0.2, -0.15) is 0 Å². The number of rotatable bonds is 8. The van der Waals surface area contributed by atoms with Crippen LogP contribution < -0.4 is 0 Å². The number of hydrogen-bond acceptors (Lipinski definition) is 2. The van der Waals surface area contributed by atoms with Crippen molar-refractivity contribution in [1.82, 2.24) is 0 Å². The molecule has 20 heavy (non-hydrogen) atoms. The Balaban J connectivity index is 1.44. The first-order chi connectivity index (χ1) is 9.70. The van der Waals surface area contributed by atoms with Gasteiger partial charge in [0, 0.05) is 0 Å². The summed E-state index contributed by atoms with van der Waals surface area (Å²) in [5, 5.41) is 5.36. The van der Waals surface area contributed by atoms with E-state index in [1.807, 2.05) is 0 Å². The van der Waals surface area contributed by atoms with Crippen molar-refractivity contribution >= 4 is 98.0 Å². The molecule has 0 aliphatic carbocycles. The monoisotopic (exact) mass is 676 g/mol. The Bertz CT molecular complexity index is 284. The van der Waals surface area contributed by atoms with Crippen molar-refractivity contribution in [2.24, 2.45) is 0 Å². The average molecular weight is 670 g/mol. The van der Waals surface area contributed by atoms with Gasteiger partial charge in [-0.15, -0.1) is 0 Å². The zero-order valence-electron chi connectivity index (χ0n) is 11.6. The second-order valence-corrected chi connectivity index (χ2v) is 18.5. The predicted octanol–water partition coefficient (Wildman–Crippen LogP) is 2.99. The molecule has 0 spiro atoms. The molecule has 116 valence electrons. The minimum absolute atomic E-state index is 0.989. The Morgan fingerprint density at radius 3 is 1.55 bits per heavy atom. The molecule has 3 aliphatic rings. The second kappa shape index (κ2) is 9.14. The van der Waals surface area contributed by atoms with Crippen LogP contribution in [0.5, 0.6) is 0 Å². The van der Waals surface area contributed by atoms with Crippen molar-refractivity contribution in [3.8, 4) is 0 Å². The van der Waals surface area contributed by atoms with Crippen LogP contribution in [0.2, 0.25) is 28.2 Å². The summed E-state index contributed by atoms with van der Waals surface area (Å²) in [5.41, 5.74) is 0. The van der Waals surface area contributed by atoms with E-state index in [2.05, 4.69) is 68.1 Å². The van der Waals surface area contributed by atoms with Gasteiger partial charge in [-0.25, -0.2) is 0 Å². The van der Waals surface area contributed by atoms with E-state index < -0.39 is 0 Å². The summed E-state index contributed by atoms with van der Waals surface area (Å²) in [6, 6.07) is 0. The van der Waals surface area contributed by atoms with Gasteiger partial charge in [0.2, 0.25) is 0 Å². The average Bonchev–Trinajstić information content (AvgIpc) is 3.28. The molecule has 0 aromatic carbocycles. The summed E-state index contributed by atoms with van der Waals surface area (Å²) in [4.78, 5) is 2.35. The van der Waals surface area contributed by atoms with Crippen molar-refractivity contribution in [3.05, 3.63) is 0 Å². The number of thioether (sulfide) groups is 2. The maximum atomic E-state index is 2.20. The minimum atomic E-state index is 0.989. The van der Waals surface area contributed by atoms with Gasteiger partial charge in [0.1, 0.15) is 0 Å². The summed E-state index contributed by atoms with van der Waals surface area (Å²) in [5.74, 6) is 2.94. The van der Waals surface area contributed by atoms with Crippen molar-refractivity contribution in [1.29, 1.82) is 0 Å². The molecule has 6 unspecified atom stereocenters. The van der Waals surface area contributed by atoms with Gasteiger partial charge < -0.3 is 0 Å². The van der Waals surface area contributed by atoms with Gasteiger partial charge in [0.15, 0.2) is 0 Å². The molecule has 0 N–H and O–H groups in total. The molecule has 3 fully saturated rings. The fourth-order valence-electron chi connectivity index (χ4n) is 2.80. The van der Waals surface area contributed by atoms with Gasteiger partial charge >= 0.3 is 174 Å². The van der Waals surface area contributed by atoms with Gasteiger partial charge in [-0.3, -0.25) is 0 Å². The zero-order valence-corrected chi connectivity index (χ0v) is 21.8. The Morgan fingerprint density at radius 1 is 0.800 bits per heavy atom. The van der Waals surface area contributed by atoms with Gasteiger partial charge in [0.25, 0.3) is 0 Å². The molecule has 0 aromatic heterocycles. The van der Waals surface area contributed by atoms with E-state index in [9.17, 15) is 0 Å². The van der Waals surface area contributed by atoms with Crippen LogP contribution in [-0.2, 0) is 0 Å². The fourth-order valence-corrected chi connectivity index (χ4v) is 18.0. The Labute approximate surface area is 171 Å². The van der Waals surface area contributed by atoms with E-state index in [1.165, 1.54) is 21.1 Å². The third-order valence-electron chi connectivity index (χ3n) is 4.05. The quantitative estimate of drug-likeness (QED) is 0.288. The SMILES string of the molecule is [TeH]C(CC1CS1)CC1[Se]CC[Se]C1CC([TeH])CC1CS1. The molecule has 0 amide bonds. The van der Waals surface area contributed by atoms with Crippen molar-refractivity contribution < 1.29 is 0 Å². The maximum absolute atomic E-state index is 2.20. The summed E-state index contributed by atoms with van der Waals surface area (Å²) in [6.07, 6.45) is 6.30. The molecule has 6 atom stereocenters. The standard InChI is InChI=1S/C14H24S2Se2Te2/c19-11(3-9-7-15-9)5-13-14(18-2-1-17-13)6-12(20)4-10-8-16-10/h9-14,19-20H,1-8H2. The van der Waals surface area contributed by atoms with E-state index in [4.69, 9.17) is 0 Å². The second-order valence-electron chi connectivity index (χ2n) is 5.98. The molecule has 0 saturated carbocycles. The first kappa shape index (κ1) is 18.1. The van der Waals surface area contributed by atoms with Gasteiger partial charge in [-0.05, 0) is 0 Å². The molecule has 3 aliphatic heterocycles. The molecule has 6 heteroatoms. The fraction of sp³-hybridized carbons (Fsp3) is 1.00. The van der Waals surface area contributed by atoms with E-state index >= 15 is 0 Å². The van der Waals surface area contributed by atoms with Crippen LogP contribution in [0.3, 0.4) is 0 Å². The molecule has 3 heterocycles. The van der Waals surface area contributed by atoms with E-state index in [1.54, 1.807) is 36.3 Å². The molecule has 3 saturated heterocycles. The van der Waals surface area contributed by atoms with E-state index in [-0.39, 0.29) is 0 Å². The van der Waals surface area contributed by atoms with Gasteiger partial charge in [0.05, 0.1) is 0 Å². The van der Waals surface area contributed by atoms with Crippen LogP contribution in [0.25, 0.3) is 0 Å². The summed E-state index contributed by atoms with van der Waals surface area (Å²) in [7, 11) is 0. The normalized spacial score (nSPS) is 39.3. The predicted molar refractivity (Wildman–Crippen MR) is 101 cm³/mol. The Kier molecular flexibility index (Phi) is 8.28. The summed E-state index contributed by atoms with van der Waals surface area (Å²) >= 11 is 10.7. The zero-order chi connectivity index (χ0) is 13.9. The first-order valence-electron chi connectivity index (χ1n) is 7.53. The Morgan fingerprint density at radius 2 is 1.20 bits per heavy atom. The molecule has 0 nitrogen and oxygen atoms in total. The third-order valence-corrected chi connectivity index (χ3v) is 16.5. The van der Waals surface area contributed by atoms with Gasteiger partial charge in [-0.1, -0.05) is 0 Å². The molecule has 0 bridgehead atoms. The summed E-state index contributed by atoms with van der Waals surface area (Å²) in [6.45, 7) is 0. The van der Waals surface area contributed by atoms with Crippen LogP contribution in [0.15, 0.2) is 0 Å². The molecule has 0 aromatic rings. The van der Waals surface area contributed by atoms with Crippen LogP contribution in [-0.4, -0.2) is 96.5 Å². The summed E-state index contributed by atoms with van der Waals surface area (Å²) < 4.78 is 2.12. The molecular weight excluding hydrogens is 645 g/mol. The van der Waals surface area contributed by atoms with Crippen LogP contribution >= 0.6 is 23.5 Å².